The molecule has 4 N–H and O–H groups in total. The first-order valence-electron chi connectivity index (χ1n) is 12.1. The third-order valence-corrected chi connectivity index (χ3v) is 8.14. The van der Waals surface area contributed by atoms with Crippen LogP contribution in [0.4, 0.5) is 11.8 Å². The van der Waals surface area contributed by atoms with Crippen molar-refractivity contribution < 1.29 is 4.11 Å². The number of imidazole rings is 1. The molecule has 5 heterocycles. The fraction of sp³-hybridized carbons (Fsp3) is 0.304. The Balaban J connectivity index is 1.31. The maximum absolute atomic E-state index is 9.02. The van der Waals surface area contributed by atoms with E-state index in [1.165, 1.54) is 17.8 Å². The molecule has 33 heavy (non-hydrogen) atoms. The minimum atomic E-state index is -1.19. The summed E-state index contributed by atoms with van der Waals surface area (Å²) in [7, 11) is 0. The predicted molar refractivity (Wildman–Crippen MR) is 130 cm³/mol. The molecule has 1 spiro atoms. The molecule has 4 aromatic rings. The van der Waals surface area contributed by atoms with Crippen LogP contribution < -0.4 is 16.4 Å². The number of aromatic nitrogens is 5. The fourth-order valence-electron chi connectivity index (χ4n) is 4.82. The van der Waals surface area contributed by atoms with Crippen LogP contribution in [0.5, 0.6) is 0 Å². The molecule has 1 unspecified atom stereocenters. The van der Waals surface area contributed by atoms with E-state index >= 15 is 0 Å². The van der Waals surface area contributed by atoms with Gasteiger partial charge in [0, 0.05) is 60.6 Å². The van der Waals surface area contributed by atoms with Gasteiger partial charge in [0.15, 0.2) is 5.65 Å². The molecular weight excluding hydrogens is 456 g/mol. The molecule has 0 radical (unpaired) electrons. The maximum Gasteiger partial charge on any atom is 0.211 e. The number of hydrogen-bond acceptors (Lipinski definition) is 8. The van der Waals surface area contributed by atoms with Crippen LogP contribution in [-0.2, 0) is 6.42 Å². The summed E-state index contributed by atoms with van der Waals surface area (Å²) in [6.45, 7) is 1.29. The lowest BCUT2D eigenvalue weighted by Gasteiger charge is -2.42. The van der Waals surface area contributed by atoms with Gasteiger partial charge in [-0.25, -0.2) is 15.0 Å². The number of halogens is 1. The van der Waals surface area contributed by atoms with Crippen molar-refractivity contribution in [3.05, 3.63) is 65.4 Å². The van der Waals surface area contributed by atoms with Gasteiger partial charge in [-0.3, -0.25) is 9.38 Å². The Morgan fingerprint density at radius 2 is 2.00 bits per heavy atom. The van der Waals surface area contributed by atoms with Gasteiger partial charge in [-0.15, -0.1) is 0 Å². The summed E-state index contributed by atoms with van der Waals surface area (Å²) >= 11 is 7.52. The van der Waals surface area contributed by atoms with Crippen molar-refractivity contribution >= 4 is 40.8 Å². The number of nitrogen functional groups attached to an aromatic ring is 1. The van der Waals surface area contributed by atoms with E-state index in [0.717, 1.165) is 11.3 Å². The van der Waals surface area contributed by atoms with Gasteiger partial charge in [-0.1, -0.05) is 29.4 Å². The molecule has 4 aromatic heterocycles. The van der Waals surface area contributed by atoms with E-state index in [4.69, 9.17) is 27.2 Å². The minimum absolute atomic E-state index is 0.00763. The Labute approximate surface area is 204 Å². The normalized spacial score (nSPS) is 22.8. The Morgan fingerprint density at radius 1 is 1.15 bits per heavy atom. The van der Waals surface area contributed by atoms with Crippen LogP contribution in [0.25, 0.3) is 5.65 Å². The smallest absolute Gasteiger partial charge is 0.211 e. The first-order valence-corrected chi connectivity index (χ1v) is 11.8. The molecule has 1 aliphatic carbocycles. The van der Waals surface area contributed by atoms with E-state index in [9.17, 15) is 0 Å². The zero-order valence-electron chi connectivity index (χ0n) is 20.6. The second-order valence-electron chi connectivity index (χ2n) is 8.38. The number of rotatable bonds is 3. The number of nitrogens with zero attached hydrogens (tertiary/aromatic N) is 6. The van der Waals surface area contributed by atoms with Crippen molar-refractivity contribution in [3.8, 4) is 0 Å². The summed E-state index contributed by atoms with van der Waals surface area (Å²) in [5, 5.41) is 0.234. The maximum atomic E-state index is 9.02. The average molecular weight is 482 g/mol. The summed E-state index contributed by atoms with van der Waals surface area (Å²) in [6, 6.07) is 4.08. The Hall–Kier alpha value is -2.88. The van der Waals surface area contributed by atoms with Crippen molar-refractivity contribution in [1.29, 1.82) is 0 Å². The highest BCUT2D eigenvalue weighted by Gasteiger charge is 2.46. The second kappa shape index (κ2) is 7.86. The quantitative estimate of drug-likeness (QED) is 0.455. The topological polar surface area (TPSA) is 111 Å². The molecule has 1 aliphatic heterocycles. The third kappa shape index (κ3) is 3.34. The molecule has 1 fully saturated rings. The minimum Gasteiger partial charge on any atom is -0.382 e. The van der Waals surface area contributed by atoms with Gasteiger partial charge in [0.25, 0.3) is 0 Å². The van der Waals surface area contributed by atoms with Crippen molar-refractivity contribution in [3.63, 3.8) is 0 Å². The molecule has 0 amide bonds. The number of fused-ring (bicyclic) bond motifs is 2. The van der Waals surface area contributed by atoms with Crippen LogP contribution in [0.2, 0.25) is 5.02 Å². The molecule has 168 valence electrons. The van der Waals surface area contributed by atoms with E-state index < -0.39 is 6.02 Å². The van der Waals surface area contributed by atoms with Crippen LogP contribution in [-0.4, -0.2) is 37.4 Å². The van der Waals surface area contributed by atoms with Crippen LogP contribution >= 0.6 is 23.4 Å². The summed E-state index contributed by atoms with van der Waals surface area (Å²) in [5.74, 6) is 0.688. The molecule has 0 bridgehead atoms. The van der Waals surface area contributed by atoms with Gasteiger partial charge in [0.05, 0.1) is 14.0 Å². The highest BCUT2D eigenvalue weighted by Crippen LogP contribution is 2.50. The van der Waals surface area contributed by atoms with Crippen LogP contribution in [0.15, 0.2) is 58.9 Å². The zero-order chi connectivity index (χ0) is 25.2. The average Bonchev–Trinajstić information content (AvgIpc) is 3.41. The molecule has 10 heteroatoms. The summed E-state index contributed by atoms with van der Waals surface area (Å²) in [4.78, 5) is 20.6. The third-order valence-electron chi connectivity index (χ3n) is 6.61. The second-order valence-corrected chi connectivity index (χ2v) is 9.81. The molecule has 2 aliphatic rings. The number of nitrogens with two attached hydrogens (primary N) is 2. The molecular formula is C23H23ClN8S. The molecule has 1 atom stereocenters. The van der Waals surface area contributed by atoms with Gasteiger partial charge < -0.3 is 16.4 Å². The summed E-state index contributed by atoms with van der Waals surface area (Å²) < 4.78 is 27.4. The van der Waals surface area contributed by atoms with Crippen LogP contribution in [0.3, 0.4) is 0 Å². The Kier molecular flexibility index (Phi) is 4.19. The van der Waals surface area contributed by atoms with Crippen molar-refractivity contribution in [2.24, 2.45) is 11.1 Å². The van der Waals surface area contributed by atoms with Crippen LogP contribution in [0, 0.1) is 5.41 Å². The fourth-order valence-corrected chi connectivity index (χ4v) is 5.89. The zero-order valence-corrected chi connectivity index (χ0v) is 19.2. The number of pyridine rings is 2. The van der Waals surface area contributed by atoms with Crippen molar-refractivity contribution in [2.75, 3.05) is 23.7 Å². The van der Waals surface area contributed by atoms with Crippen molar-refractivity contribution in [1.82, 2.24) is 24.3 Å². The molecule has 0 saturated carbocycles. The highest BCUT2D eigenvalue weighted by atomic mass is 35.5. The highest BCUT2D eigenvalue weighted by molar-refractivity contribution is 7.99. The first-order chi connectivity index (χ1) is 17.2. The summed E-state index contributed by atoms with van der Waals surface area (Å²) in [6.07, 6.45) is 7.41. The Bertz CT molecular complexity index is 1500. The predicted octanol–water partition coefficient (Wildman–Crippen LogP) is 3.75. The Morgan fingerprint density at radius 3 is 2.82 bits per heavy atom. The SMILES string of the molecule is [2H]c1cc(Sc2c([2H])nc(N3CCC4(CC3)Cc3ncccc3C4([2H])N)n3ccnc23)c(Cl)c(N)n1. The lowest BCUT2D eigenvalue weighted by atomic mass is 9.73. The molecule has 8 nitrogen and oxygen atoms in total. The molecule has 1 saturated heterocycles. The lowest BCUT2D eigenvalue weighted by Crippen LogP contribution is -2.45. The van der Waals surface area contributed by atoms with Gasteiger partial charge in [0.1, 0.15) is 5.82 Å². The number of piperidine rings is 1. The van der Waals surface area contributed by atoms with Gasteiger partial charge >= 0.3 is 0 Å². The first kappa shape index (κ1) is 17.6. The standard InChI is InChI=1S/C23H23ClN8S/c24-18-16(3-7-28-20(18)26)33-17-13-30-22(32-11-8-29-21(17)32)31-9-4-23(5-10-31)12-15-14(19(23)25)2-1-6-27-15/h1-3,6-8,11,13,19H,4-5,9-10,12,25H2,(H2,26,28)/i7D,13D,19D. The van der Waals surface area contributed by atoms with E-state index in [0.29, 0.717) is 53.7 Å². The number of anilines is 2. The van der Waals surface area contributed by atoms with E-state index in [-0.39, 0.29) is 28.6 Å². The van der Waals surface area contributed by atoms with Crippen LogP contribution in [0.1, 0.15) is 34.2 Å². The molecule has 6 rings (SSSR count). The summed E-state index contributed by atoms with van der Waals surface area (Å²) in [5.41, 5.74) is 14.4. The van der Waals surface area contributed by atoms with Gasteiger partial charge in [-0.2, -0.15) is 0 Å². The van der Waals surface area contributed by atoms with Gasteiger partial charge in [-0.05, 0) is 42.4 Å². The van der Waals surface area contributed by atoms with E-state index in [1.54, 1.807) is 12.4 Å². The molecule has 0 aromatic carbocycles. The van der Waals surface area contributed by atoms with E-state index in [2.05, 4.69) is 24.8 Å². The van der Waals surface area contributed by atoms with E-state index in [1.807, 2.05) is 22.7 Å². The van der Waals surface area contributed by atoms with Crippen molar-refractivity contribution in [2.45, 2.75) is 35.1 Å². The lowest BCUT2D eigenvalue weighted by molar-refractivity contribution is 0.186. The largest absolute Gasteiger partial charge is 0.382 e. The van der Waals surface area contributed by atoms with Gasteiger partial charge in [0.2, 0.25) is 5.95 Å². The number of hydrogen-bond donors (Lipinski definition) is 2. The monoisotopic (exact) mass is 481 g/mol.